The molecule has 4 aromatic heterocycles. The molecule has 0 saturated heterocycles. The summed E-state index contributed by atoms with van der Waals surface area (Å²) >= 11 is 0. The van der Waals surface area contributed by atoms with E-state index in [1.54, 1.807) is 0 Å². The Labute approximate surface area is 327 Å². The lowest BCUT2D eigenvalue weighted by Gasteiger charge is -2.13. The highest BCUT2D eigenvalue weighted by molar-refractivity contribution is 6.19. The van der Waals surface area contributed by atoms with E-state index in [9.17, 15) is 0 Å². The summed E-state index contributed by atoms with van der Waals surface area (Å²) < 4.78 is 11.3. The minimum Gasteiger partial charge on any atom is -0.455 e. The highest BCUT2D eigenvalue weighted by Gasteiger charge is 2.22. The third-order valence-corrected chi connectivity index (χ3v) is 11.3. The van der Waals surface area contributed by atoms with Gasteiger partial charge in [-0.2, -0.15) is 0 Å². The van der Waals surface area contributed by atoms with Gasteiger partial charge in [0.1, 0.15) is 17.0 Å². The monoisotopic (exact) mass is 728 g/mol. The van der Waals surface area contributed by atoms with Gasteiger partial charge in [-0.1, -0.05) is 133 Å². The van der Waals surface area contributed by atoms with Crippen molar-refractivity contribution in [1.82, 2.24) is 19.1 Å². The van der Waals surface area contributed by atoms with E-state index in [0.717, 1.165) is 88.7 Å². The molecule has 0 fully saturated rings. The highest BCUT2D eigenvalue weighted by atomic mass is 16.3. The molecule has 0 radical (unpaired) electrons. The Morgan fingerprint density at radius 3 is 1.72 bits per heavy atom. The summed E-state index contributed by atoms with van der Waals surface area (Å²) in [5, 5.41) is 6.81. The third-order valence-electron chi connectivity index (χ3n) is 11.3. The average molecular weight is 729 g/mol. The predicted molar refractivity (Wildman–Crippen MR) is 234 cm³/mol. The molecule has 12 aromatic rings. The molecule has 0 aliphatic rings. The Morgan fingerprint density at radius 2 is 0.947 bits per heavy atom. The molecule has 0 N–H and O–H groups in total. The van der Waals surface area contributed by atoms with E-state index in [0.29, 0.717) is 5.82 Å². The van der Waals surface area contributed by atoms with Crippen molar-refractivity contribution in [2.24, 2.45) is 0 Å². The maximum absolute atomic E-state index is 6.57. The molecule has 0 amide bonds. The SMILES string of the molecule is c1ccc(-c2cccc(-c3cc(-n4c5ccccc5c5cc6c(cc54)c4ccccc4n6-c4ccccc4)nc(-c4cccc5c4oc4ccccc45)n3)c2)cc1. The maximum atomic E-state index is 6.57. The van der Waals surface area contributed by atoms with Crippen molar-refractivity contribution in [3.8, 4) is 45.3 Å². The zero-order valence-corrected chi connectivity index (χ0v) is 30.7. The standard InChI is InChI=1S/C52H32N4O/c1-3-15-33(16-4-1)34-17-13-18-35(29-34)44-32-50(54-52(53-44)41-25-14-24-40-39-23-9-12-28-49(39)57-51(40)41)56-46-27-11-8-22-38(46)43-30-47-42(31-48(43)56)37-21-7-10-26-45(37)55(47)36-19-5-2-6-20-36/h1-32H. The predicted octanol–water partition coefficient (Wildman–Crippen LogP) is 13.6. The first-order valence-corrected chi connectivity index (χ1v) is 19.2. The van der Waals surface area contributed by atoms with Crippen LogP contribution in [-0.4, -0.2) is 19.1 Å². The average Bonchev–Trinajstić information content (AvgIpc) is 3.93. The first-order chi connectivity index (χ1) is 28.3. The zero-order valence-electron chi connectivity index (χ0n) is 30.7. The number of hydrogen-bond acceptors (Lipinski definition) is 3. The molecule has 266 valence electrons. The van der Waals surface area contributed by atoms with Crippen LogP contribution in [0.5, 0.6) is 0 Å². The molecule has 0 atom stereocenters. The van der Waals surface area contributed by atoms with Gasteiger partial charge in [-0.3, -0.25) is 4.57 Å². The van der Waals surface area contributed by atoms with E-state index >= 15 is 0 Å². The minimum atomic E-state index is 0.602. The van der Waals surface area contributed by atoms with Crippen LogP contribution in [0.4, 0.5) is 0 Å². The third kappa shape index (κ3) is 4.89. The molecular weight excluding hydrogens is 697 g/mol. The molecule has 0 saturated carbocycles. The number of aromatic nitrogens is 4. The summed E-state index contributed by atoms with van der Waals surface area (Å²) in [6.45, 7) is 0. The summed E-state index contributed by atoms with van der Waals surface area (Å²) in [4.78, 5) is 10.8. The molecule has 0 unspecified atom stereocenters. The van der Waals surface area contributed by atoms with Crippen molar-refractivity contribution in [3.63, 3.8) is 0 Å². The summed E-state index contributed by atoms with van der Waals surface area (Å²) in [6, 6.07) is 68.4. The molecule has 0 spiro atoms. The van der Waals surface area contributed by atoms with Crippen molar-refractivity contribution >= 4 is 65.6 Å². The first kappa shape index (κ1) is 31.6. The number of furan rings is 1. The Bertz CT molecular complexity index is 3520. The molecule has 57 heavy (non-hydrogen) atoms. The van der Waals surface area contributed by atoms with E-state index in [2.05, 4.69) is 185 Å². The Hall–Kier alpha value is -7.76. The van der Waals surface area contributed by atoms with E-state index in [1.165, 1.54) is 16.3 Å². The minimum absolute atomic E-state index is 0.602. The normalized spacial score (nSPS) is 11.9. The molecule has 0 aliphatic carbocycles. The zero-order chi connectivity index (χ0) is 37.5. The lowest BCUT2D eigenvalue weighted by molar-refractivity contribution is 0.669. The molecule has 8 aromatic carbocycles. The lowest BCUT2D eigenvalue weighted by atomic mass is 10.0. The van der Waals surface area contributed by atoms with Crippen molar-refractivity contribution in [1.29, 1.82) is 0 Å². The van der Waals surface area contributed by atoms with Gasteiger partial charge in [-0.05, 0) is 65.7 Å². The first-order valence-electron chi connectivity index (χ1n) is 19.2. The highest BCUT2D eigenvalue weighted by Crippen LogP contribution is 2.41. The summed E-state index contributed by atoms with van der Waals surface area (Å²) in [7, 11) is 0. The van der Waals surface area contributed by atoms with Crippen molar-refractivity contribution < 1.29 is 4.42 Å². The van der Waals surface area contributed by atoms with Gasteiger partial charge in [-0.25, -0.2) is 9.97 Å². The van der Waals surface area contributed by atoms with Crippen molar-refractivity contribution in [2.75, 3.05) is 0 Å². The molecule has 5 nitrogen and oxygen atoms in total. The van der Waals surface area contributed by atoms with Crippen LogP contribution < -0.4 is 0 Å². The van der Waals surface area contributed by atoms with Crippen LogP contribution in [0.15, 0.2) is 199 Å². The molecule has 4 heterocycles. The van der Waals surface area contributed by atoms with Crippen LogP contribution in [0.2, 0.25) is 0 Å². The van der Waals surface area contributed by atoms with Gasteiger partial charge in [-0.15, -0.1) is 0 Å². The van der Waals surface area contributed by atoms with Crippen molar-refractivity contribution in [2.45, 2.75) is 0 Å². The quantitative estimate of drug-likeness (QED) is 0.177. The summed E-state index contributed by atoms with van der Waals surface area (Å²) in [6.07, 6.45) is 0. The van der Waals surface area contributed by atoms with Crippen LogP contribution in [-0.2, 0) is 0 Å². The van der Waals surface area contributed by atoms with Gasteiger partial charge < -0.3 is 8.98 Å². The fourth-order valence-corrected chi connectivity index (χ4v) is 8.76. The molecule has 5 heteroatoms. The molecule has 12 rings (SSSR count). The number of fused-ring (bicyclic) bond motifs is 9. The number of nitrogens with zero attached hydrogens (tertiary/aromatic N) is 4. The van der Waals surface area contributed by atoms with Crippen molar-refractivity contribution in [3.05, 3.63) is 194 Å². The van der Waals surface area contributed by atoms with Gasteiger partial charge in [0.05, 0.1) is 33.3 Å². The largest absolute Gasteiger partial charge is 0.455 e. The Balaban J connectivity index is 1.17. The second kappa shape index (κ2) is 12.4. The second-order valence-corrected chi connectivity index (χ2v) is 14.6. The lowest BCUT2D eigenvalue weighted by Crippen LogP contribution is -2.02. The van der Waals surface area contributed by atoms with Crippen LogP contribution in [0, 0.1) is 0 Å². The maximum Gasteiger partial charge on any atom is 0.165 e. The van der Waals surface area contributed by atoms with Crippen LogP contribution >= 0.6 is 0 Å². The molecular formula is C52H32N4O. The number of benzene rings is 8. The van der Waals surface area contributed by atoms with E-state index < -0.39 is 0 Å². The molecule has 0 aliphatic heterocycles. The number of hydrogen-bond donors (Lipinski definition) is 0. The smallest absolute Gasteiger partial charge is 0.165 e. The van der Waals surface area contributed by atoms with Gasteiger partial charge in [0.25, 0.3) is 0 Å². The van der Waals surface area contributed by atoms with Gasteiger partial charge in [0, 0.05) is 49.6 Å². The number of rotatable bonds is 5. The van der Waals surface area contributed by atoms with Gasteiger partial charge in [0.15, 0.2) is 5.82 Å². The molecule has 0 bridgehead atoms. The van der Waals surface area contributed by atoms with E-state index in [1.807, 2.05) is 18.2 Å². The fourth-order valence-electron chi connectivity index (χ4n) is 8.76. The fraction of sp³-hybridized carbons (Fsp3) is 0. The van der Waals surface area contributed by atoms with Gasteiger partial charge >= 0.3 is 0 Å². The second-order valence-electron chi connectivity index (χ2n) is 14.6. The Morgan fingerprint density at radius 1 is 0.368 bits per heavy atom. The summed E-state index contributed by atoms with van der Waals surface area (Å²) in [5.74, 6) is 1.38. The van der Waals surface area contributed by atoms with Crippen LogP contribution in [0.25, 0.3) is 111 Å². The van der Waals surface area contributed by atoms with Crippen LogP contribution in [0.3, 0.4) is 0 Å². The van der Waals surface area contributed by atoms with Gasteiger partial charge in [0.2, 0.25) is 0 Å². The summed E-state index contributed by atoms with van der Waals surface area (Å²) in [5.41, 5.74) is 12.2. The van der Waals surface area contributed by atoms with E-state index in [4.69, 9.17) is 14.4 Å². The van der Waals surface area contributed by atoms with E-state index in [-0.39, 0.29) is 0 Å². The van der Waals surface area contributed by atoms with Crippen LogP contribution in [0.1, 0.15) is 0 Å². The number of para-hydroxylation sites is 5. The Kier molecular flexibility index (Phi) is 6.86. The topological polar surface area (TPSA) is 48.8 Å².